The van der Waals surface area contributed by atoms with Gasteiger partial charge in [-0.1, -0.05) is 30.3 Å². The van der Waals surface area contributed by atoms with Crippen LogP contribution in [0, 0.1) is 0 Å². The molecule has 2 aromatic carbocycles. The number of carbonyl (C=O) groups is 2. The van der Waals surface area contributed by atoms with Gasteiger partial charge >= 0.3 is 5.97 Å². The Morgan fingerprint density at radius 2 is 2.00 bits per heavy atom. The van der Waals surface area contributed by atoms with Crippen molar-refractivity contribution < 1.29 is 24.5 Å². The van der Waals surface area contributed by atoms with Crippen LogP contribution in [0.4, 0.5) is 0 Å². The molecule has 1 saturated heterocycles. The predicted molar refractivity (Wildman–Crippen MR) is 143 cm³/mol. The van der Waals surface area contributed by atoms with Crippen molar-refractivity contribution >= 4 is 18.0 Å². The molecule has 4 rings (SSSR count). The number of likely N-dealkylation sites (tertiary alicyclic amines) is 1. The Morgan fingerprint density at radius 3 is 2.73 bits per heavy atom. The Balaban J connectivity index is 1.63. The zero-order chi connectivity index (χ0) is 26.6. The highest BCUT2D eigenvalue weighted by Gasteiger charge is 2.58. The number of likely N-dealkylation sites (N-methyl/N-ethyl adjacent to an activating group) is 1. The molecule has 3 atom stereocenters. The number of rotatable bonds is 7. The van der Waals surface area contributed by atoms with Gasteiger partial charge in [-0.25, -0.2) is 0 Å². The first-order valence-electron chi connectivity index (χ1n) is 12.7. The van der Waals surface area contributed by atoms with Crippen LogP contribution in [0.2, 0.25) is 0 Å². The maximum Gasteiger partial charge on any atom is 0.308 e. The minimum atomic E-state index is -0.999. The van der Waals surface area contributed by atoms with Crippen molar-refractivity contribution in [1.82, 2.24) is 9.80 Å². The average Bonchev–Trinajstić information content (AvgIpc) is 2.86. The quantitative estimate of drug-likeness (QED) is 0.257. The normalized spacial score (nSPS) is 25.9. The van der Waals surface area contributed by atoms with Crippen molar-refractivity contribution in [3.63, 3.8) is 0 Å². The Morgan fingerprint density at radius 1 is 1.22 bits per heavy atom. The van der Waals surface area contributed by atoms with E-state index in [2.05, 4.69) is 11.5 Å². The van der Waals surface area contributed by atoms with E-state index in [1.807, 2.05) is 30.3 Å². The van der Waals surface area contributed by atoms with Gasteiger partial charge in [-0.15, -0.1) is 6.58 Å². The first-order chi connectivity index (χ1) is 17.7. The van der Waals surface area contributed by atoms with Gasteiger partial charge in [0.25, 0.3) is 0 Å². The number of β-amino-alcohol motifs (C(OH)–C–C–N with tert-alkyl or cyclic N) is 1. The topological polar surface area (TPSA) is 90.3 Å². The van der Waals surface area contributed by atoms with Crippen molar-refractivity contribution in [2.45, 2.75) is 49.7 Å². The highest BCUT2D eigenvalue weighted by Crippen LogP contribution is 2.52. The highest BCUT2D eigenvalue weighted by atomic mass is 16.5. The largest absolute Gasteiger partial charge is 0.508 e. The molecule has 0 unspecified atom stereocenters. The Bertz CT molecular complexity index is 1190. The number of amides is 1. The molecule has 0 spiro atoms. The fourth-order valence-corrected chi connectivity index (χ4v) is 6.02. The number of nitrogens with zero attached hydrogens (tertiary/aromatic N) is 2. The molecule has 1 heterocycles. The highest BCUT2D eigenvalue weighted by molar-refractivity contribution is 5.91. The molecular formula is C30H36N2O5. The molecule has 196 valence electrons. The van der Waals surface area contributed by atoms with Gasteiger partial charge in [-0.3, -0.25) is 14.5 Å². The van der Waals surface area contributed by atoms with Gasteiger partial charge in [0.1, 0.15) is 11.5 Å². The smallest absolute Gasteiger partial charge is 0.308 e. The van der Waals surface area contributed by atoms with Gasteiger partial charge in [-0.05, 0) is 73.7 Å². The van der Waals surface area contributed by atoms with Gasteiger partial charge in [0, 0.05) is 44.6 Å². The Hall–Kier alpha value is -3.42. The lowest BCUT2D eigenvalue weighted by Gasteiger charge is -2.59. The number of hydrogen-bond acceptors (Lipinski definition) is 6. The fourth-order valence-electron chi connectivity index (χ4n) is 6.02. The summed E-state index contributed by atoms with van der Waals surface area (Å²) in [7, 11) is 1.81. The molecule has 7 nitrogen and oxygen atoms in total. The van der Waals surface area contributed by atoms with E-state index in [9.17, 15) is 19.8 Å². The van der Waals surface area contributed by atoms with Gasteiger partial charge < -0.3 is 19.8 Å². The molecule has 1 aliphatic heterocycles. The number of ether oxygens (including phenoxy) is 1. The molecular weight excluding hydrogens is 468 g/mol. The summed E-state index contributed by atoms with van der Waals surface area (Å²) in [6.07, 6.45) is 7.59. The van der Waals surface area contributed by atoms with Crippen LogP contribution in [0.1, 0.15) is 43.7 Å². The van der Waals surface area contributed by atoms with Crippen LogP contribution in [0.3, 0.4) is 0 Å². The maximum atomic E-state index is 13.1. The number of phenols is 1. The summed E-state index contributed by atoms with van der Waals surface area (Å²) in [4.78, 5) is 28.7. The van der Waals surface area contributed by atoms with Crippen molar-refractivity contribution in [3.8, 4) is 11.5 Å². The van der Waals surface area contributed by atoms with Gasteiger partial charge in [0.05, 0.1) is 5.60 Å². The molecule has 37 heavy (non-hydrogen) atoms. The summed E-state index contributed by atoms with van der Waals surface area (Å²) in [5.41, 5.74) is 0.0645. The van der Waals surface area contributed by atoms with Crippen LogP contribution in [0.25, 0.3) is 6.08 Å². The Kier molecular flexibility index (Phi) is 7.85. The SMILES string of the molecule is C=CCN1CC[C@@]2(c3cccc(OC(C)=O)c3)C[C@H](N(C)C(=O)C=Cc3cccc(O)c3)CC[C@]2(O)C1. The molecule has 1 saturated carbocycles. The average molecular weight is 505 g/mol. The number of fused-ring (bicyclic) bond motifs is 1. The van der Waals surface area contributed by atoms with Crippen LogP contribution in [0.15, 0.2) is 67.3 Å². The molecule has 2 fully saturated rings. The molecule has 7 heteroatoms. The number of esters is 1. The van der Waals surface area contributed by atoms with Crippen molar-refractivity contribution in [1.29, 1.82) is 0 Å². The standard InChI is InChI=1S/C30H36N2O5/c1-4-16-32-17-15-29(24-8-6-10-27(19-24)37-22(2)33)20-25(13-14-30(29,36)21-32)31(3)28(35)12-11-23-7-5-9-26(34)18-23/h4-12,18-19,25,34,36H,1,13-17,20-21H2,2-3H3/t25-,29+,30+/m1/s1. The summed E-state index contributed by atoms with van der Waals surface area (Å²) >= 11 is 0. The first-order valence-corrected chi connectivity index (χ1v) is 12.7. The van der Waals surface area contributed by atoms with E-state index < -0.39 is 17.0 Å². The summed E-state index contributed by atoms with van der Waals surface area (Å²) < 4.78 is 5.37. The number of hydrogen-bond donors (Lipinski definition) is 2. The van der Waals surface area contributed by atoms with Crippen LogP contribution < -0.4 is 4.74 Å². The van der Waals surface area contributed by atoms with E-state index in [0.717, 1.165) is 17.7 Å². The predicted octanol–water partition coefficient (Wildman–Crippen LogP) is 3.90. The number of benzene rings is 2. The lowest BCUT2D eigenvalue weighted by Crippen LogP contribution is -2.67. The minimum absolute atomic E-state index is 0.0788. The number of aromatic hydroxyl groups is 1. The molecule has 0 radical (unpaired) electrons. The van der Waals surface area contributed by atoms with Crippen LogP contribution >= 0.6 is 0 Å². The van der Waals surface area contributed by atoms with Crippen molar-refractivity contribution in [2.75, 3.05) is 26.7 Å². The molecule has 2 N–H and O–H groups in total. The van der Waals surface area contributed by atoms with Crippen molar-refractivity contribution in [3.05, 3.63) is 78.4 Å². The molecule has 2 aromatic rings. The fraction of sp³-hybridized carbons (Fsp3) is 0.400. The zero-order valence-corrected chi connectivity index (χ0v) is 21.6. The molecule has 0 bridgehead atoms. The van der Waals surface area contributed by atoms with Gasteiger partial charge in [0.2, 0.25) is 5.91 Å². The monoisotopic (exact) mass is 504 g/mol. The number of carbonyl (C=O) groups excluding carboxylic acids is 2. The van der Waals surface area contributed by atoms with Crippen molar-refractivity contribution in [2.24, 2.45) is 0 Å². The van der Waals surface area contributed by atoms with Crippen LogP contribution in [0.5, 0.6) is 11.5 Å². The lowest BCUT2D eigenvalue weighted by atomic mass is 9.55. The summed E-state index contributed by atoms with van der Waals surface area (Å²) in [5.74, 6) is 0.0777. The third-order valence-electron chi connectivity index (χ3n) is 7.93. The van der Waals surface area contributed by atoms with Gasteiger partial charge in [-0.2, -0.15) is 0 Å². The van der Waals surface area contributed by atoms with E-state index in [0.29, 0.717) is 44.5 Å². The summed E-state index contributed by atoms with van der Waals surface area (Å²) in [6, 6.07) is 14.1. The van der Waals surface area contributed by atoms with E-state index >= 15 is 0 Å². The molecule has 1 aliphatic carbocycles. The number of phenolic OH excluding ortho intramolecular Hbond substituents is 1. The third kappa shape index (κ3) is 5.63. The number of aliphatic hydroxyl groups is 1. The summed E-state index contributed by atoms with van der Waals surface area (Å²) in [5, 5.41) is 21.8. The summed E-state index contributed by atoms with van der Waals surface area (Å²) in [6.45, 7) is 7.23. The van der Waals surface area contributed by atoms with E-state index in [1.54, 1.807) is 42.3 Å². The molecule has 2 aliphatic rings. The first kappa shape index (κ1) is 26.6. The second-order valence-corrected chi connectivity index (χ2v) is 10.3. The van der Waals surface area contributed by atoms with Crippen LogP contribution in [-0.4, -0.2) is 70.2 Å². The minimum Gasteiger partial charge on any atom is -0.508 e. The molecule has 1 amide bonds. The van der Waals surface area contributed by atoms with E-state index in [-0.39, 0.29) is 17.7 Å². The van der Waals surface area contributed by atoms with E-state index in [4.69, 9.17) is 4.74 Å². The Labute approximate surface area is 218 Å². The van der Waals surface area contributed by atoms with E-state index in [1.165, 1.54) is 13.0 Å². The third-order valence-corrected chi connectivity index (χ3v) is 7.93. The zero-order valence-electron chi connectivity index (χ0n) is 21.6. The second-order valence-electron chi connectivity index (χ2n) is 10.3. The molecule has 0 aromatic heterocycles. The lowest BCUT2D eigenvalue weighted by molar-refractivity contribution is -0.143. The second kappa shape index (κ2) is 10.9. The van der Waals surface area contributed by atoms with Gasteiger partial charge in [0.15, 0.2) is 0 Å². The van der Waals surface area contributed by atoms with Crippen LogP contribution in [-0.2, 0) is 15.0 Å². The number of piperidine rings is 1. The maximum absolute atomic E-state index is 13.1.